The third kappa shape index (κ3) is 5.15. The molecule has 1 saturated carbocycles. The van der Waals surface area contributed by atoms with E-state index in [4.69, 9.17) is 0 Å². The summed E-state index contributed by atoms with van der Waals surface area (Å²) in [4.78, 5) is 23.0. The number of amides is 1. The largest absolute Gasteiger partial charge is 0.367 e. The van der Waals surface area contributed by atoms with Crippen LogP contribution in [0.15, 0.2) is 24.3 Å². The van der Waals surface area contributed by atoms with E-state index in [1.54, 1.807) is 0 Å². The number of benzene rings is 1. The van der Waals surface area contributed by atoms with Gasteiger partial charge in [0.05, 0.1) is 0 Å². The van der Waals surface area contributed by atoms with Crippen LogP contribution in [-0.4, -0.2) is 42.1 Å². The Morgan fingerprint density at radius 1 is 1.00 bits per heavy atom. The second-order valence-electron chi connectivity index (χ2n) is 7.38. The van der Waals surface area contributed by atoms with Gasteiger partial charge in [-0.05, 0) is 44.7 Å². The summed E-state index contributed by atoms with van der Waals surface area (Å²) in [6.07, 6.45) is 3.29. The number of halogens is 2. The van der Waals surface area contributed by atoms with E-state index in [0.717, 1.165) is 55.5 Å². The van der Waals surface area contributed by atoms with Crippen molar-refractivity contribution in [2.75, 3.05) is 24.3 Å². The van der Waals surface area contributed by atoms with Gasteiger partial charge in [0.1, 0.15) is 29.1 Å². The van der Waals surface area contributed by atoms with Gasteiger partial charge in [-0.15, -0.1) is 0 Å². The molecular weight excluding hydrogens is 364 g/mol. The number of hydrogen-bond acceptors (Lipinski definition) is 5. The van der Waals surface area contributed by atoms with Crippen LogP contribution in [0.25, 0.3) is 0 Å². The molecule has 150 valence electrons. The summed E-state index contributed by atoms with van der Waals surface area (Å²) < 4.78 is 26.6. The number of nitrogens with zero attached hydrogens (tertiary/aromatic N) is 3. The van der Waals surface area contributed by atoms with Gasteiger partial charge in [0.2, 0.25) is 0 Å². The van der Waals surface area contributed by atoms with E-state index in [1.807, 2.05) is 32.0 Å². The topological polar surface area (TPSA) is 70.2 Å². The van der Waals surface area contributed by atoms with Crippen LogP contribution in [0.4, 0.5) is 20.4 Å². The van der Waals surface area contributed by atoms with Crippen LogP contribution >= 0.6 is 0 Å². The van der Waals surface area contributed by atoms with Gasteiger partial charge in [0, 0.05) is 43.9 Å². The molecule has 0 bridgehead atoms. The van der Waals surface area contributed by atoms with Crippen molar-refractivity contribution >= 4 is 17.5 Å². The van der Waals surface area contributed by atoms with Crippen LogP contribution in [0.2, 0.25) is 0 Å². The Morgan fingerprint density at radius 3 is 2.21 bits per heavy atom. The maximum atomic E-state index is 13.3. The highest BCUT2D eigenvalue weighted by atomic mass is 19.1. The lowest BCUT2D eigenvalue weighted by molar-refractivity contribution is 0.0925. The highest BCUT2D eigenvalue weighted by molar-refractivity contribution is 5.94. The molecule has 1 fully saturated rings. The third-order valence-electron chi connectivity index (χ3n) is 4.82. The molecule has 1 aromatic carbocycles. The standard InChI is InChI=1S/C20H25F2N5O/c1-12-23-18(11-19(24-12)27(2)3)25-16-4-6-17(7-5-16)26-20(28)13-8-14(21)10-15(22)9-13/h8-11,16-17H,4-7H2,1-3H3,(H,26,28)(H,23,24,25)/t16-,17+. The van der Waals surface area contributed by atoms with Crippen molar-refractivity contribution in [2.24, 2.45) is 0 Å². The van der Waals surface area contributed by atoms with Gasteiger partial charge in [0.15, 0.2) is 0 Å². The SMILES string of the molecule is Cc1nc(N[C@H]2CC[C@@H](NC(=O)c3cc(F)cc(F)c3)CC2)cc(N(C)C)n1. The lowest BCUT2D eigenvalue weighted by Gasteiger charge is -2.30. The van der Waals surface area contributed by atoms with Gasteiger partial charge in [-0.3, -0.25) is 4.79 Å². The molecule has 0 saturated heterocycles. The highest BCUT2D eigenvalue weighted by Gasteiger charge is 2.23. The maximum Gasteiger partial charge on any atom is 0.251 e. The number of aromatic nitrogens is 2. The lowest BCUT2D eigenvalue weighted by Crippen LogP contribution is -2.40. The quantitative estimate of drug-likeness (QED) is 0.821. The van der Waals surface area contributed by atoms with E-state index in [2.05, 4.69) is 20.6 Å². The molecule has 0 unspecified atom stereocenters. The van der Waals surface area contributed by atoms with Crippen LogP contribution < -0.4 is 15.5 Å². The van der Waals surface area contributed by atoms with Gasteiger partial charge >= 0.3 is 0 Å². The van der Waals surface area contributed by atoms with Crippen LogP contribution in [0.3, 0.4) is 0 Å². The first kappa shape index (κ1) is 20.0. The van der Waals surface area contributed by atoms with Gasteiger partial charge in [-0.2, -0.15) is 0 Å². The second kappa shape index (κ2) is 8.50. The fraction of sp³-hybridized carbons (Fsp3) is 0.450. The first-order chi connectivity index (χ1) is 13.3. The Kier molecular flexibility index (Phi) is 6.06. The number of anilines is 2. The molecule has 0 aliphatic heterocycles. The van der Waals surface area contributed by atoms with Gasteiger partial charge in [-0.25, -0.2) is 18.7 Å². The first-order valence-corrected chi connectivity index (χ1v) is 9.36. The number of aryl methyl sites for hydroxylation is 1. The van der Waals surface area contributed by atoms with E-state index in [9.17, 15) is 13.6 Å². The van der Waals surface area contributed by atoms with Gasteiger partial charge in [0.25, 0.3) is 5.91 Å². The molecule has 3 rings (SSSR count). The zero-order valence-electron chi connectivity index (χ0n) is 16.3. The molecule has 2 N–H and O–H groups in total. The van der Waals surface area contributed by atoms with E-state index in [-0.39, 0.29) is 17.6 Å². The molecule has 0 radical (unpaired) electrons. The fourth-order valence-electron chi connectivity index (χ4n) is 3.40. The van der Waals surface area contributed by atoms with E-state index in [1.165, 1.54) is 0 Å². The predicted octanol–water partition coefficient (Wildman–Crippen LogP) is 3.28. The molecule has 6 nitrogen and oxygen atoms in total. The van der Waals surface area contributed by atoms with Crippen molar-refractivity contribution in [3.05, 3.63) is 47.3 Å². The van der Waals surface area contributed by atoms with Crippen LogP contribution in [0.1, 0.15) is 41.9 Å². The van der Waals surface area contributed by atoms with Crippen molar-refractivity contribution in [3.8, 4) is 0 Å². The average molecular weight is 389 g/mol. The van der Waals surface area contributed by atoms with E-state index >= 15 is 0 Å². The number of rotatable bonds is 5. The predicted molar refractivity (Wildman–Crippen MR) is 105 cm³/mol. The Morgan fingerprint density at radius 2 is 1.61 bits per heavy atom. The van der Waals surface area contributed by atoms with Gasteiger partial charge < -0.3 is 15.5 Å². The van der Waals surface area contributed by atoms with Crippen molar-refractivity contribution in [1.82, 2.24) is 15.3 Å². The highest BCUT2D eigenvalue weighted by Crippen LogP contribution is 2.23. The Labute approximate surface area is 163 Å². The first-order valence-electron chi connectivity index (χ1n) is 9.36. The summed E-state index contributed by atoms with van der Waals surface area (Å²) >= 11 is 0. The Hall–Kier alpha value is -2.77. The van der Waals surface area contributed by atoms with Crippen molar-refractivity contribution < 1.29 is 13.6 Å². The number of carbonyl (C=O) groups is 1. The monoisotopic (exact) mass is 389 g/mol. The second-order valence-corrected chi connectivity index (χ2v) is 7.38. The molecular formula is C20H25F2N5O. The lowest BCUT2D eigenvalue weighted by atomic mass is 9.91. The summed E-state index contributed by atoms with van der Waals surface area (Å²) in [5.74, 6) is 0.386. The molecule has 1 amide bonds. The number of nitrogens with one attached hydrogen (secondary N) is 2. The molecule has 2 aromatic rings. The minimum absolute atomic E-state index is 0.00502. The zero-order valence-corrected chi connectivity index (χ0v) is 16.3. The molecule has 8 heteroatoms. The van der Waals surface area contributed by atoms with Gasteiger partial charge in [-0.1, -0.05) is 0 Å². The minimum Gasteiger partial charge on any atom is -0.367 e. The molecule has 1 aliphatic rings. The average Bonchev–Trinajstić information content (AvgIpc) is 2.62. The van der Waals surface area contributed by atoms with Crippen LogP contribution in [0.5, 0.6) is 0 Å². The molecule has 28 heavy (non-hydrogen) atoms. The molecule has 0 atom stereocenters. The van der Waals surface area contributed by atoms with Crippen LogP contribution in [0, 0.1) is 18.6 Å². The molecule has 1 aromatic heterocycles. The maximum absolute atomic E-state index is 13.3. The summed E-state index contributed by atoms with van der Waals surface area (Å²) in [6.45, 7) is 1.86. The smallest absolute Gasteiger partial charge is 0.251 e. The van der Waals surface area contributed by atoms with Crippen molar-refractivity contribution in [3.63, 3.8) is 0 Å². The summed E-state index contributed by atoms with van der Waals surface area (Å²) in [5, 5.41) is 6.32. The Bertz CT molecular complexity index is 830. The van der Waals surface area contributed by atoms with E-state index in [0.29, 0.717) is 5.82 Å². The van der Waals surface area contributed by atoms with E-state index < -0.39 is 17.5 Å². The van der Waals surface area contributed by atoms with Crippen LogP contribution in [-0.2, 0) is 0 Å². The fourth-order valence-corrected chi connectivity index (χ4v) is 3.40. The summed E-state index contributed by atoms with van der Waals surface area (Å²) in [7, 11) is 3.87. The summed E-state index contributed by atoms with van der Waals surface area (Å²) in [5.41, 5.74) is 0.00502. The Balaban J connectivity index is 1.54. The van der Waals surface area contributed by atoms with Crippen molar-refractivity contribution in [1.29, 1.82) is 0 Å². The normalized spacial score (nSPS) is 19.2. The third-order valence-corrected chi connectivity index (χ3v) is 4.82. The minimum atomic E-state index is -0.754. The number of hydrogen-bond donors (Lipinski definition) is 2. The number of carbonyl (C=O) groups excluding carboxylic acids is 1. The molecule has 0 spiro atoms. The van der Waals surface area contributed by atoms with Crippen molar-refractivity contribution in [2.45, 2.75) is 44.7 Å². The molecule has 1 aliphatic carbocycles. The summed E-state index contributed by atoms with van der Waals surface area (Å²) in [6, 6.07) is 5.01. The molecule has 1 heterocycles. The zero-order chi connectivity index (χ0) is 20.3.